The van der Waals surface area contributed by atoms with Crippen molar-refractivity contribution in [2.45, 2.75) is 12.8 Å². The Labute approximate surface area is 181 Å². The van der Waals surface area contributed by atoms with Crippen LogP contribution in [0.1, 0.15) is 24.0 Å². The minimum absolute atomic E-state index is 0.271. The van der Waals surface area contributed by atoms with Gasteiger partial charge in [0.05, 0.1) is 5.56 Å². The largest absolute Gasteiger partial charge is 0.313 e. The van der Waals surface area contributed by atoms with E-state index in [0.717, 1.165) is 56.0 Å². The lowest BCUT2D eigenvalue weighted by molar-refractivity contribution is 0.628. The minimum Gasteiger partial charge on any atom is -0.313 e. The Hall–Kier alpha value is -3.09. The number of benzene rings is 2. The molecule has 0 bridgehead atoms. The Bertz CT molecular complexity index is 1160. The lowest BCUT2D eigenvalue weighted by Crippen LogP contribution is -2.20. The highest BCUT2D eigenvalue weighted by molar-refractivity contribution is 5.72. The lowest BCUT2D eigenvalue weighted by atomic mass is 9.98. The van der Waals surface area contributed by atoms with E-state index >= 15 is 4.39 Å². The van der Waals surface area contributed by atoms with Gasteiger partial charge in [0.15, 0.2) is 11.6 Å². The number of nitrogens with one attached hydrogen (secondary N) is 2. The number of halogens is 1. The van der Waals surface area contributed by atoms with Crippen LogP contribution in [-0.4, -0.2) is 40.9 Å². The first-order valence-corrected chi connectivity index (χ1v) is 10.8. The highest BCUT2D eigenvalue weighted by Crippen LogP contribution is 2.29. The first-order valence-electron chi connectivity index (χ1n) is 10.8. The highest BCUT2D eigenvalue weighted by atomic mass is 19.1. The molecule has 0 saturated heterocycles. The van der Waals surface area contributed by atoms with Crippen LogP contribution in [0, 0.1) is 5.82 Å². The van der Waals surface area contributed by atoms with Crippen molar-refractivity contribution in [1.82, 2.24) is 25.4 Å². The molecule has 0 atom stereocenters. The van der Waals surface area contributed by atoms with Gasteiger partial charge in [0, 0.05) is 25.7 Å². The molecular weight excluding hydrogens is 389 g/mol. The van der Waals surface area contributed by atoms with Crippen LogP contribution in [0.5, 0.6) is 0 Å². The van der Waals surface area contributed by atoms with Gasteiger partial charge >= 0.3 is 0 Å². The van der Waals surface area contributed by atoms with Crippen LogP contribution in [0.15, 0.2) is 54.6 Å². The first-order chi connectivity index (χ1) is 15.2. The van der Waals surface area contributed by atoms with E-state index in [0.29, 0.717) is 11.4 Å². The molecule has 0 aliphatic carbocycles. The topological polar surface area (TPSA) is 54.8 Å². The molecule has 0 spiro atoms. The fraction of sp³-hybridized carbons (Fsp3) is 0.280. The van der Waals surface area contributed by atoms with Gasteiger partial charge in [-0.15, -0.1) is 10.2 Å². The summed E-state index contributed by atoms with van der Waals surface area (Å²) in [5.41, 5.74) is 6.17. The summed E-state index contributed by atoms with van der Waals surface area (Å²) in [6.07, 6.45) is 6.32. The van der Waals surface area contributed by atoms with E-state index in [4.69, 9.17) is 0 Å². The van der Waals surface area contributed by atoms with Crippen LogP contribution in [0.3, 0.4) is 0 Å². The van der Waals surface area contributed by atoms with Crippen molar-refractivity contribution in [2.24, 2.45) is 7.05 Å². The van der Waals surface area contributed by atoms with E-state index in [1.807, 2.05) is 23.7 Å². The quantitative estimate of drug-likeness (QED) is 0.675. The van der Waals surface area contributed by atoms with Gasteiger partial charge in [0.25, 0.3) is 0 Å². The van der Waals surface area contributed by atoms with Crippen molar-refractivity contribution in [3.8, 4) is 22.8 Å². The second-order valence-corrected chi connectivity index (χ2v) is 8.05. The Kier molecular flexibility index (Phi) is 5.49. The smallest absolute Gasteiger partial charge is 0.166 e. The summed E-state index contributed by atoms with van der Waals surface area (Å²) in [5, 5.41) is 15.3. The molecule has 0 radical (unpaired) electrons. The van der Waals surface area contributed by atoms with Crippen molar-refractivity contribution in [1.29, 1.82) is 0 Å². The summed E-state index contributed by atoms with van der Waals surface area (Å²) in [5.74, 6) is 0.987. The molecule has 0 fully saturated rings. The molecule has 0 amide bonds. The maximum absolute atomic E-state index is 15.0. The molecule has 31 heavy (non-hydrogen) atoms. The molecule has 2 aliphatic heterocycles. The SMILES string of the molecule is Cn1c(-c2ccc(C3=CCNCC3)cc2)nnc1-c1ccc(C2=CCNCC2)cc1F. The fourth-order valence-electron chi connectivity index (χ4n) is 4.31. The highest BCUT2D eigenvalue weighted by Gasteiger charge is 2.17. The molecule has 0 unspecified atom stereocenters. The van der Waals surface area contributed by atoms with E-state index < -0.39 is 0 Å². The fourth-order valence-corrected chi connectivity index (χ4v) is 4.31. The average molecular weight is 416 g/mol. The predicted octanol–water partition coefficient (Wildman–Crippen LogP) is 4.04. The molecule has 0 saturated carbocycles. The zero-order valence-corrected chi connectivity index (χ0v) is 17.7. The molecule has 2 aliphatic rings. The van der Waals surface area contributed by atoms with Crippen LogP contribution >= 0.6 is 0 Å². The maximum Gasteiger partial charge on any atom is 0.166 e. The number of hydrogen-bond acceptors (Lipinski definition) is 4. The van der Waals surface area contributed by atoms with Crippen molar-refractivity contribution >= 4 is 11.1 Å². The zero-order valence-electron chi connectivity index (χ0n) is 17.7. The van der Waals surface area contributed by atoms with Crippen molar-refractivity contribution in [3.05, 3.63) is 71.6 Å². The summed E-state index contributed by atoms with van der Waals surface area (Å²) >= 11 is 0. The van der Waals surface area contributed by atoms with Crippen molar-refractivity contribution in [2.75, 3.05) is 26.2 Å². The number of hydrogen-bond donors (Lipinski definition) is 2. The Balaban J connectivity index is 1.42. The van der Waals surface area contributed by atoms with Gasteiger partial charge in [0.1, 0.15) is 5.82 Å². The summed E-state index contributed by atoms with van der Waals surface area (Å²) in [6, 6.07) is 13.8. The Morgan fingerprint density at radius 2 is 1.35 bits per heavy atom. The molecule has 5 rings (SSSR count). The Morgan fingerprint density at radius 3 is 1.97 bits per heavy atom. The van der Waals surface area contributed by atoms with E-state index in [1.54, 1.807) is 6.07 Å². The average Bonchev–Trinajstić information content (AvgIpc) is 3.21. The first kappa shape index (κ1) is 19.8. The summed E-state index contributed by atoms with van der Waals surface area (Å²) < 4.78 is 16.9. The van der Waals surface area contributed by atoms with Gasteiger partial charge in [0.2, 0.25) is 0 Å². The number of aromatic nitrogens is 3. The van der Waals surface area contributed by atoms with Crippen LogP contribution in [0.25, 0.3) is 33.9 Å². The van der Waals surface area contributed by atoms with Crippen LogP contribution < -0.4 is 10.6 Å². The molecule has 6 heteroatoms. The van der Waals surface area contributed by atoms with Gasteiger partial charge in [-0.2, -0.15) is 0 Å². The number of rotatable bonds is 4. The van der Waals surface area contributed by atoms with E-state index in [2.05, 4.69) is 57.2 Å². The standard InChI is InChI=1S/C25H26FN5/c1-31-24(20-4-2-17(3-5-20)18-8-12-27-13-9-18)29-30-25(31)22-7-6-21(16-23(22)26)19-10-14-28-15-11-19/h2-8,10,16,27-28H,9,11-15H2,1H3. The van der Waals surface area contributed by atoms with Gasteiger partial charge in [-0.25, -0.2) is 4.39 Å². The lowest BCUT2D eigenvalue weighted by Gasteiger charge is -2.15. The van der Waals surface area contributed by atoms with Gasteiger partial charge < -0.3 is 15.2 Å². The molecule has 2 aromatic carbocycles. The third-order valence-electron chi connectivity index (χ3n) is 6.10. The second kappa shape index (κ2) is 8.57. The third kappa shape index (κ3) is 3.96. The van der Waals surface area contributed by atoms with E-state index in [-0.39, 0.29) is 5.82 Å². The minimum atomic E-state index is -0.271. The zero-order chi connectivity index (χ0) is 21.2. The third-order valence-corrected chi connectivity index (χ3v) is 6.10. The van der Waals surface area contributed by atoms with Gasteiger partial charge in [-0.05, 0) is 60.3 Å². The molecule has 158 valence electrons. The summed E-state index contributed by atoms with van der Waals surface area (Å²) in [4.78, 5) is 0. The second-order valence-electron chi connectivity index (χ2n) is 8.05. The summed E-state index contributed by atoms with van der Waals surface area (Å²) in [6.45, 7) is 3.69. The molecular formula is C25H26FN5. The summed E-state index contributed by atoms with van der Waals surface area (Å²) in [7, 11) is 1.89. The Morgan fingerprint density at radius 1 is 0.774 bits per heavy atom. The van der Waals surface area contributed by atoms with E-state index in [9.17, 15) is 0 Å². The molecule has 2 N–H and O–H groups in total. The molecule has 3 aromatic rings. The predicted molar refractivity (Wildman–Crippen MR) is 123 cm³/mol. The van der Waals surface area contributed by atoms with Gasteiger partial charge in [-0.1, -0.05) is 42.5 Å². The number of nitrogens with zero attached hydrogens (tertiary/aromatic N) is 3. The molecule has 5 nitrogen and oxygen atoms in total. The molecule has 3 heterocycles. The van der Waals surface area contributed by atoms with Crippen molar-refractivity contribution < 1.29 is 4.39 Å². The van der Waals surface area contributed by atoms with E-state index in [1.165, 1.54) is 16.7 Å². The van der Waals surface area contributed by atoms with Gasteiger partial charge in [-0.3, -0.25) is 0 Å². The molecule has 1 aromatic heterocycles. The van der Waals surface area contributed by atoms with Crippen LogP contribution in [0.2, 0.25) is 0 Å². The van der Waals surface area contributed by atoms with Crippen molar-refractivity contribution in [3.63, 3.8) is 0 Å². The maximum atomic E-state index is 15.0. The van der Waals surface area contributed by atoms with Crippen LogP contribution in [-0.2, 0) is 7.05 Å². The van der Waals surface area contributed by atoms with Crippen LogP contribution in [0.4, 0.5) is 4.39 Å². The monoisotopic (exact) mass is 415 g/mol. The normalized spacial score (nSPS) is 16.7.